The van der Waals surface area contributed by atoms with Gasteiger partial charge in [0.15, 0.2) is 0 Å². The zero-order chi connectivity index (χ0) is 9.31. The van der Waals surface area contributed by atoms with Crippen molar-refractivity contribution in [1.29, 1.82) is 0 Å². The highest BCUT2D eigenvalue weighted by Gasteiger charge is 2.43. The van der Waals surface area contributed by atoms with Crippen molar-refractivity contribution in [2.75, 3.05) is 6.61 Å². The average Bonchev–Trinajstić information content (AvgIpc) is 2.18. The lowest BCUT2D eigenvalue weighted by molar-refractivity contribution is -0.128. The first-order valence-corrected chi connectivity index (χ1v) is 5.17. The maximum atomic E-state index is 11.2. The van der Waals surface area contributed by atoms with Gasteiger partial charge < -0.3 is 10.4 Å². The van der Waals surface area contributed by atoms with Crippen molar-refractivity contribution < 1.29 is 9.90 Å². The molecule has 2 rings (SSSR count). The molecule has 1 heterocycles. The second-order valence-corrected chi connectivity index (χ2v) is 4.39. The van der Waals surface area contributed by atoms with Gasteiger partial charge in [-0.2, -0.15) is 0 Å². The molecule has 2 aliphatic rings. The van der Waals surface area contributed by atoms with Gasteiger partial charge in [-0.3, -0.25) is 4.79 Å². The lowest BCUT2D eigenvalue weighted by Crippen LogP contribution is -2.55. The van der Waals surface area contributed by atoms with Gasteiger partial charge in [-0.05, 0) is 19.3 Å². The Hall–Kier alpha value is -0.570. The third-order valence-electron chi connectivity index (χ3n) is 3.66. The fourth-order valence-corrected chi connectivity index (χ4v) is 2.73. The fraction of sp³-hybridized carbons (Fsp3) is 0.900. The van der Waals surface area contributed by atoms with Crippen LogP contribution in [0.4, 0.5) is 0 Å². The largest absolute Gasteiger partial charge is 0.396 e. The van der Waals surface area contributed by atoms with Gasteiger partial charge in [-0.1, -0.05) is 12.8 Å². The van der Waals surface area contributed by atoms with Crippen LogP contribution in [0.2, 0.25) is 0 Å². The number of rotatable bonds is 1. The van der Waals surface area contributed by atoms with E-state index in [1.807, 2.05) is 0 Å². The molecule has 1 saturated carbocycles. The molecule has 1 aliphatic heterocycles. The molecule has 2 atom stereocenters. The van der Waals surface area contributed by atoms with Crippen molar-refractivity contribution in [1.82, 2.24) is 5.32 Å². The molecule has 0 aromatic carbocycles. The van der Waals surface area contributed by atoms with E-state index in [-0.39, 0.29) is 24.0 Å². The van der Waals surface area contributed by atoms with Gasteiger partial charge in [0.25, 0.3) is 0 Å². The lowest BCUT2D eigenvalue weighted by atomic mass is 9.66. The van der Waals surface area contributed by atoms with E-state index in [4.69, 9.17) is 0 Å². The van der Waals surface area contributed by atoms with E-state index in [1.165, 1.54) is 12.8 Å². The number of aliphatic hydroxyl groups is 1. The predicted octanol–water partition coefficient (Wildman–Crippen LogP) is 0.818. The summed E-state index contributed by atoms with van der Waals surface area (Å²) >= 11 is 0. The van der Waals surface area contributed by atoms with E-state index < -0.39 is 0 Å². The second kappa shape index (κ2) is 3.29. The fourth-order valence-electron chi connectivity index (χ4n) is 2.73. The Morgan fingerprint density at radius 2 is 2.31 bits per heavy atom. The Bertz CT molecular complexity index is 217. The number of hydrogen-bond donors (Lipinski definition) is 2. The molecule has 1 amide bonds. The first kappa shape index (κ1) is 9.00. The van der Waals surface area contributed by atoms with Crippen molar-refractivity contribution in [3.63, 3.8) is 0 Å². The SMILES string of the molecule is O=C1CCC2(CO)CCCCC2N1. The Morgan fingerprint density at radius 3 is 3.08 bits per heavy atom. The maximum absolute atomic E-state index is 11.2. The van der Waals surface area contributed by atoms with Crippen LogP contribution in [0.3, 0.4) is 0 Å². The quantitative estimate of drug-likeness (QED) is 0.632. The minimum Gasteiger partial charge on any atom is -0.396 e. The lowest BCUT2D eigenvalue weighted by Gasteiger charge is -2.46. The molecule has 0 aromatic rings. The van der Waals surface area contributed by atoms with Crippen LogP contribution in [0, 0.1) is 5.41 Å². The topological polar surface area (TPSA) is 49.3 Å². The first-order valence-electron chi connectivity index (χ1n) is 5.17. The molecule has 0 radical (unpaired) electrons. The number of carbonyl (C=O) groups is 1. The number of fused-ring (bicyclic) bond motifs is 1. The van der Waals surface area contributed by atoms with Crippen LogP contribution in [0.25, 0.3) is 0 Å². The Kier molecular flexibility index (Phi) is 2.28. The van der Waals surface area contributed by atoms with E-state index in [0.29, 0.717) is 6.42 Å². The van der Waals surface area contributed by atoms with Gasteiger partial charge in [-0.15, -0.1) is 0 Å². The normalized spacial score (nSPS) is 39.5. The molecule has 0 bridgehead atoms. The third kappa shape index (κ3) is 1.46. The Balaban J connectivity index is 2.14. The molecular weight excluding hydrogens is 166 g/mol. The second-order valence-electron chi connectivity index (χ2n) is 4.39. The summed E-state index contributed by atoms with van der Waals surface area (Å²) in [5.41, 5.74) is 0.0200. The number of carbonyl (C=O) groups excluding carboxylic acids is 1. The van der Waals surface area contributed by atoms with Gasteiger partial charge in [0.05, 0.1) is 6.61 Å². The van der Waals surface area contributed by atoms with Crippen LogP contribution in [-0.4, -0.2) is 23.7 Å². The summed E-state index contributed by atoms with van der Waals surface area (Å²) in [6.07, 6.45) is 5.98. The number of amides is 1. The number of aliphatic hydroxyl groups excluding tert-OH is 1. The standard InChI is InChI=1S/C10H17NO2/c12-7-10-5-2-1-3-8(10)11-9(13)4-6-10/h8,12H,1-7H2,(H,11,13). The molecule has 2 fully saturated rings. The van der Waals surface area contributed by atoms with Gasteiger partial charge in [0, 0.05) is 17.9 Å². The van der Waals surface area contributed by atoms with Gasteiger partial charge in [0.1, 0.15) is 0 Å². The number of nitrogens with one attached hydrogen (secondary N) is 1. The van der Waals surface area contributed by atoms with Crippen molar-refractivity contribution in [3.8, 4) is 0 Å². The van der Waals surface area contributed by atoms with Crippen molar-refractivity contribution in [3.05, 3.63) is 0 Å². The zero-order valence-corrected chi connectivity index (χ0v) is 7.88. The van der Waals surface area contributed by atoms with Gasteiger partial charge in [0.2, 0.25) is 5.91 Å². The summed E-state index contributed by atoms with van der Waals surface area (Å²) in [6, 6.07) is 0.243. The van der Waals surface area contributed by atoms with E-state index in [9.17, 15) is 9.90 Å². The smallest absolute Gasteiger partial charge is 0.220 e. The van der Waals surface area contributed by atoms with Crippen LogP contribution in [-0.2, 0) is 4.79 Å². The maximum Gasteiger partial charge on any atom is 0.220 e. The van der Waals surface area contributed by atoms with Gasteiger partial charge in [-0.25, -0.2) is 0 Å². The van der Waals surface area contributed by atoms with E-state index in [0.717, 1.165) is 19.3 Å². The highest BCUT2D eigenvalue weighted by atomic mass is 16.3. The van der Waals surface area contributed by atoms with Crippen molar-refractivity contribution in [2.45, 2.75) is 44.6 Å². The molecule has 0 aromatic heterocycles. The van der Waals surface area contributed by atoms with Crippen molar-refractivity contribution in [2.24, 2.45) is 5.41 Å². The minimum atomic E-state index is 0.0200. The number of piperidine rings is 1. The highest BCUT2D eigenvalue weighted by Crippen LogP contribution is 2.42. The van der Waals surface area contributed by atoms with Crippen molar-refractivity contribution >= 4 is 5.91 Å². The molecule has 74 valence electrons. The summed E-state index contributed by atoms with van der Waals surface area (Å²) in [5, 5.41) is 12.4. The molecule has 3 heteroatoms. The van der Waals surface area contributed by atoms with Crippen LogP contribution in [0.5, 0.6) is 0 Å². The third-order valence-corrected chi connectivity index (χ3v) is 3.66. The first-order chi connectivity index (χ1) is 6.27. The highest BCUT2D eigenvalue weighted by molar-refractivity contribution is 5.77. The molecule has 13 heavy (non-hydrogen) atoms. The summed E-state index contributed by atoms with van der Waals surface area (Å²) in [7, 11) is 0. The molecular formula is C10H17NO2. The predicted molar refractivity (Wildman–Crippen MR) is 49.2 cm³/mol. The van der Waals surface area contributed by atoms with Crippen LogP contribution < -0.4 is 5.32 Å². The molecule has 2 N–H and O–H groups in total. The number of hydrogen-bond acceptors (Lipinski definition) is 2. The van der Waals surface area contributed by atoms with Crippen LogP contribution >= 0.6 is 0 Å². The molecule has 1 aliphatic carbocycles. The van der Waals surface area contributed by atoms with Crippen LogP contribution in [0.1, 0.15) is 38.5 Å². The Labute approximate surface area is 78.5 Å². The summed E-state index contributed by atoms with van der Waals surface area (Å²) in [4.78, 5) is 11.2. The van der Waals surface area contributed by atoms with E-state index in [2.05, 4.69) is 5.32 Å². The van der Waals surface area contributed by atoms with E-state index in [1.54, 1.807) is 0 Å². The summed E-state index contributed by atoms with van der Waals surface area (Å²) in [5.74, 6) is 0.163. The molecule has 1 saturated heterocycles. The molecule has 2 unspecified atom stereocenters. The molecule has 0 spiro atoms. The van der Waals surface area contributed by atoms with Crippen LogP contribution in [0.15, 0.2) is 0 Å². The minimum absolute atomic E-state index is 0.0200. The summed E-state index contributed by atoms with van der Waals surface area (Å²) in [6.45, 7) is 0.234. The van der Waals surface area contributed by atoms with E-state index >= 15 is 0 Å². The monoisotopic (exact) mass is 183 g/mol. The summed E-state index contributed by atoms with van der Waals surface area (Å²) < 4.78 is 0. The Morgan fingerprint density at radius 1 is 1.46 bits per heavy atom. The molecule has 3 nitrogen and oxygen atoms in total. The van der Waals surface area contributed by atoms with Gasteiger partial charge >= 0.3 is 0 Å². The zero-order valence-electron chi connectivity index (χ0n) is 7.88. The average molecular weight is 183 g/mol.